The summed E-state index contributed by atoms with van der Waals surface area (Å²) in [6.07, 6.45) is 5.03. The number of carbonyl (C=O) groups excluding carboxylic acids is 1. The highest BCUT2D eigenvalue weighted by molar-refractivity contribution is 5.81. The van der Waals surface area contributed by atoms with Crippen LogP contribution in [-0.4, -0.2) is 35.5 Å². The lowest BCUT2D eigenvalue weighted by Gasteiger charge is -2.05. The van der Waals surface area contributed by atoms with Gasteiger partial charge in [-0.15, -0.1) is 0 Å². The van der Waals surface area contributed by atoms with Crippen molar-refractivity contribution in [1.82, 2.24) is 0 Å². The lowest BCUT2D eigenvalue weighted by Crippen LogP contribution is -2.20. The second kappa shape index (κ2) is 8.43. The van der Waals surface area contributed by atoms with Gasteiger partial charge in [0, 0.05) is 6.08 Å². The number of rotatable bonds is 6. The molecule has 0 aromatic rings. The van der Waals surface area contributed by atoms with Crippen molar-refractivity contribution in [3.8, 4) is 0 Å². The second-order valence-electron chi connectivity index (χ2n) is 2.41. The molecule has 0 fully saturated rings. The topological polar surface area (TPSA) is 76.0 Å². The molecule has 0 spiro atoms. The van der Waals surface area contributed by atoms with E-state index in [4.69, 9.17) is 10.2 Å². The van der Waals surface area contributed by atoms with Gasteiger partial charge in [0.15, 0.2) is 0 Å². The van der Waals surface area contributed by atoms with Gasteiger partial charge in [-0.3, -0.25) is 4.89 Å². The Kier molecular flexibility index (Phi) is 7.72. The Morgan fingerprint density at radius 1 is 1.50 bits per heavy atom. The van der Waals surface area contributed by atoms with E-state index in [9.17, 15) is 4.79 Å². The first-order valence-corrected chi connectivity index (χ1v) is 4.12. The quantitative estimate of drug-likeness (QED) is 0.273. The zero-order valence-electron chi connectivity index (χ0n) is 7.92. The molecule has 0 rings (SSSR count). The molecular weight excluding hydrogens is 188 g/mol. The Bertz CT molecular complexity index is 209. The minimum atomic E-state index is -1.04. The summed E-state index contributed by atoms with van der Waals surface area (Å²) in [6, 6.07) is 0. The van der Waals surface area contributed by atoms with Gasteiger partial charge in [0.05, 0.1) is 6.61 Å². The third-order valence-electron chi connectivity index (χ3n) is 1.15. The van der Waals surface area contributed by atoms with Crippen LogP contribution in [0.3, 0.4) is 0 Å². The second-order valence-corrected chi connectivity index (χ2v) is 2.41. The van der Waals surface area contributed by atoms with Crippen LogP contribution in [0.4, 0.5) is 0 Å². The molecule has 0 saturated carbocycles. The van der Waals surface area contributed by atoms with Gasteiger partial charge in [0.25, 0.3) is 0 Å². The van der Waals surface area contributed by atoms with Crippen molar-refractivity contribution in [3.63, 3.8) is 0 Å². The molecule has 0 radical (unpaired) electrons. The maximum absolute atomic E-state index is 10.8. The fourth-order valence-corrected chi connectivity index (χ4v) is 0.496. The van der Waals surface area contributed by atoms with Gasteiger partial charge in [-0.2, -0.15) is 4.89 Å². The molecule has 0 aromatic heterocycles. The highest BCUT2D eigenvalue weighted by Crippen LogP contribution is 1.88. The van der Waals surface area contributed by atoms with Crippen LogP contribution < -0.4 is 0 Å². The number of hydrogen-bond acceptors (Lipinski definition) is 5. The molecule has 0 aromatic carbocycles. The highest BCUT2D eigenvalue weighted by Gasteiger charge is 2.04. The SMILES string of the molecule is C/C=C/C=C/C(=O)OOCC(O)CO. The summed E-state index contributed by atoms with van der Waals surface area (Å²) in [7, 11) is 0. The van der Waals surface area contributed by atoms with E-state index in [1.165, 1.54) is 12.2 Å². The molecule has 0 aliphatic heterocycles. The first kappa shape index (κ1) is 12.8. The maximum atomic E-state index is 10.8. The Morgan fingerprint density at radius 2 is 2.21 bits per heavy atom. The van der Waals surface area contributed by atoms with Crippen LogP contribution in [0, 0.1) is 0 Å². The predicted octanol–water partition coefficient (Wildman–Crippen LogP) is -0.0533. The standard InChI is InChI=1S/C9H14O5/c1-2-3-4-5-9(12)14-13-7-8(11)6-10/h2-5,8,10-11H,6-7H2,1H3/b3-2+,5-4+. The first-order chi connectivity index (χ1) is 6.70. The van der Waals surface area contributed by atoms with Crippen LogP contribution in [0.1, 0.15) is 6.92 Å². The van der Waals surface area contributed by atoms with Crippen molar-refractivity contribution < 1.29 is 24.8 Å². The number of allylic oxidation sites excluding steroid dienone is 3. The summed E-state index contributed by atoms with van der Waals surface area (Å²) in [5, 5.41) is 17.2. The molecule has 0 heterocycles. The van der Waals surface area contributed by atoms with Gasteiger partial charge < -0.3 is 10.2 Å². The molecule has 0 aliphatic rings. The monoisotopic (exact) mass is 202 g/mol. The zero-order chi connectivity index (χ0) is 10.8. The van der Waals surface area contributed by atoms with Crippen molar-refractivity contribution in [3.05, 3.63) is 24.3 Å². The van der Waals surface area contributed by atoms with E-state index >= 15 is 0 Å². The van der Waals surface area contributed by atoms with Gasteiger partial charge in [0.1, 0.15) is 12.7 Å². The first-order valence-electron chi connectivity index (χ1n) is 4.12. The Labute approximate surface area is 82.2 Å². The number of aliphatic hydroxyl groups is 2. The van der Waals surface area contributed by atoms with Crippen LogP contribution in [0.25, 0.3) is 0 Å². The van der Waals surface area contributed by atoms with E-state index in [0.717, 1.165) is 0 Å². The number of aliphatic hydroxyl groups excluding tert-OH is 2. The fraction of sp³-hybridized carbons (Fsp3) is 0.444. The summed E-state index contributed by atoms with van der Waals surface area (Å²) in [4.78, 5) is 19.3. The van der Waals surface area contributed by atoms with Gasteiger partial charge in [-0.25, -0.2) is 4.79 Å². The molecule has 0 amide bonds. The van der Waals surface area contributed by atoms with Crippen LogP contribution >= 0.6 is 0 Å². The van der Waals surface area contributed by atoms with Crippen molar-refractivity contribution >= 4 is 5.97 Å². The molecule has 0 bridgehead atoms. The maximum Gasteiger partial charge on any atom is 0.365 e. The molecule has 5 heteroatoms. The summed E-state index contributed by atoms with van der Waals surface area (Å²) in [5.74, 6) is -0.673. The van der Waals surface area contributed by atoms with Gasteiger partial charge in [-0.05, 0) is 6.92 Å². The molecule has 2 N–H and O–H groups in total. The Balaban J connectivity index is 3.54. The van der Waals surface area contributed by atoms with E-state index in [2.05, 4.69) is 9.78 Å². The zero-order valence-corrected chi connectivity index (χ0v) is 7.92. The van der Waals surface area contributed by atoms with E-state index in [0.29, 0.717) is 0 Å². The Hall–Kier alpha value is -1.17. The minimum absolute atomic E-state index is 0.250. The fourth-order valence-electron chi connectivity index (χ4n) is 0.496. The van der Waals surface area contributed by atoms with Crippen molar-refractivity contribution in [2.75, 3.05) is 13.2 Å². The summed E-state index contributed by atoms with van der Waals surface area (Å²) in [5.41, 5.74) is 0. The molecule has 0 saturated heterocycles. The average molecular weight is 202 g/mol. The van der Waals surface area contributed by atoms with Crippen LogP contribution in [0.5, 0.6) is 0 Å². The summed E-state index contributed by atoms with van der Waals surface area (Å²) >= 11 is 0. The van der Waals surface area contributed by atoms with Crippen molar-refractivity contribution in [1.29, 1.82) is 0 Å². The van der Waals surface area contributed by atoms with Crippen LogP contribution in [0.15, 0.2) is 24.3 Å². The van der Waals surface area contributed by atoms with E-state index in [1.807, 2.05) is 6.92 Å². The van der Waals surface area contributed by atoms with Crippen LogP contribution in [0.2, 0.25) is 0 Å². The number of hydrogen-bond donors (Lipinski definition) is 2. The van der Waals surface area contributed by atoms with Crippen LogP contribution in [-0.2, 0) is 14.6 Å². The van der Waals surface area contributed by atoms with Gasteiger partial charge in [0.2, 0.25) is 0 Å². The third-order valence-corrected chi connectivity index (χ3v) is 1.15. The molecule has 80 valence electrons. The minimum Gasteiger partial charge on any atom is -0.394 e. The largest absolute Gasteiger partial charge is 0.394 e. The number of carbonyl (C=O) groups is 1. The average Bonchev–Trinajstić information content (AvgIpc) is 2.18. The van der Waals surface area contributed by atoms with Crippen molar-refractivity contribution in [2.24, 2.45) is 0 Å². The molecule has 1 atom stereocenters. The lowest BCUT2D eigenvalue weighted by molar-refractivity contribution is -0.278. The molecular formula is C9H14O5. The predicted molar refractivity (Wildman–Crippen MR) is 49.1 cm³/mol. The summed E-state index contributed by atoms with van der Waals surface area (Å²) in [6.45, 7) is 1.12. The highest BCUT2D eigenvalue weighted by atomic mass is 17.2. The third kappa shape index (κ3) is 7.48. The smallest absolute Gasteiger partial charge is 0.365 e. The Morgan fingerprint density at radius 3 is 2.79 bits per heavy atom. The summed E-state index contributed by atoms with van der Waals surface area (Å²) < 4.78 is 0. The molecule has 1 unspecified atom stereocenters. The molecule has 0 aliphatic carbocycles. The van der Waals surface area contributed by atoms with E-state index < -0.39 is 18.7 Å². The van der Waals surface area contributed by atoms with Gasteiger partial charge in [-0.1, -0.05) is 18.2 Å². The molecule has 14 heavy (non-hydrogen) atoms. The molecule has 5 nitrogen and oxygen atoms in total. The van der Waals surface area contributed by atoms with E-state index in [1.54, 1.807) is 12.2 Å². The normalized spacial score (nSPS) is 13.6. The van der Waals surface area contributed by atoms with Gasteiger partial charge >= 0.3 is 5.97 Å². The van der Waals surface area contributed by atoms with E-state index in [-0.39, 0.29) is 6.61 Å². The lowest BCUT2D eigenvalue weighted by atomic mass is 10.4. The van der Waals surface area contributed by atoms with Crippen molar-refractivity contribution in [2.45, 2.75) is 13.0 Å².